The number of nitrogens with zero attached hydrogens (tertiary/aromatic N) is 2. The zero-order valence-electron chi connectivity index (χ0n) is 29.6. The molecule has 0 amide bonds. The van der Waals surface area contributed by atoms with Gasteiger partial charge in [-0.15, -0.1) is 0 Å². The fourth-order valence-electron chi connectivity index (χ4n) is 7.79. The van der Waals surface area contributed by atoms with Crippen molar-refractivity contribution in [1.82, 2.24) is 9.97 Å². The Hall–Kier alpha value is -7.10. The Morgan fingerprint density at radius 1 is 0.389 bits per heavy atom. The summed E-state index contributed by atoms with van der Waals surface area (Å²) < 4.78 is 0. The average Bonchev–Trinajstić information content (AvgIpc) is 3.61. The predicted octanol–water partition coefficient (Wildman–Crippen LogP) is 12.9. The second-order valence-corrected chi connectivity index (χ2v) is 13.9. The standard InChI is InChI=1S/C51H35N3/c1-4-12-34(13-5-1)41-25-22-36-21-24-39-30-40(23-20-35(39)28-29-52-48-19-11-10-18-44(48)45(36)31-41)42-26-27-43-33-47-49(37-14-6-2-7-15-37)53-51(38-16-8-3-9-17-38)54-50(47)46(43)32-42/h1-32,52H,33H2/b24-21-,29-28+. The van der Waals surface area contributed by atoms with E-state index in [1.54, 1.807) is 0 Å². The van der Waals surface area contributed by atoms with Crippen molar-refractivity contribution in [2.75, 3.05) is 5.32 Å². The zero-order valence-corrected chi connectivity index (χ0v) is 29.6. The van der Waals surface area contributed by atoms with Gasteiger partial charge in [-0.05, 0) is 80.4 Å². The molecule has 0 radical (unpaired) electrons. The number of fused-ring (bicyclic) bond motifs is 7. The number of hydrogen-bond donors (Lipinski definition) is 1. The summed E-state index contributed by atoms with van der Waals surface area (Å²) in [5.41, 5.74) is 19.4. The molecule has 0 fully saturated rings. The highest BCUT2D eigenvalue weighted by Gasteiger charge is 2.26. The molecule has 3 heteroatoms. The molecule has 2 aliphatic rings. The topological polar surface area (TPSA) is 37.8 Å². The van der Waals surface area contributed by atoms with Crippen LogP contribution in [0.5, 0.6) is 0 Å². The highest BCUT2D eigenvalue weighted by atomic mass is 14.9. The van der Waals surface area contributed by atoms with Gasteiger partial charge in [-0.2, -0.15) is 0 Å². The molecule has 10 rings (SSSR count). The van der Waals surface area contributed by atoms with E-state index in [9.17, 15) is 0 Å². The number of para-hydroxylation sites is 1. The summed E-state index contributed by atoms with van der Waals surface area (Å²) in [6.07, 6.45) is 9.54. The van der Waals surface area contributed by atoms with Gasteiger partial charge in [-0.1, -0.05) is 158 Å². The molecule has 0 unspecified atom stereocenters. The van der Waals surface area contributed by atoms with Crippen molar-refractivity contribution < 1.29 is 0 Å². The monoisotopic (exact) mass is 689 g/mol. The van der Waals surface area contributed by atoms with Crippen molar-refractivity contribution in [2.45, 2.75) is 6.42 Å². The van der Waals surface area contributed by atoms with Crippen LogP contribution < -0.4 is 5.32 Å². The summed E-state index contributed by atoms with van der Waals surface area (Å²) in [4.78, 5) is 10.4. The van der Waals surface area contributed by atoms with E-state index in [-0.39, 0.29) is 0 Å². The SMILES string of the molecule is C1=C\c2ccc(-c3ccccc3)cc2-c2ccccc2N/C=C/c2ccc(-c3ccc4c(c3)-c3nc(-c5ccccc5)nc(-c5ccccc5)c3C4)cc2/1. The zero-order chi connectivity index (χ0) is 35.8. The van der Waals surface area contributed by atoms with Gasteiger partial charge in [0.2, 0.25) is 0 Å². The van der Waals surface area contributed by atoms with Crippen molar-refractivity contribution in [3.63, 3.8) is 0 Å². The minimum atomic E-state index is 0.749. The van der Waals surface area contributed by atoms with Crippen molar-refractivity contribution in [1.29, 1.82) is 0 Å². The van der Waals surface area contributed by atoms with Crippen molar-refractivity contribution in [3.05, 3.63) is 204 Å². The van der Waals surface area contributed by atoms with Gasteiger partial charge in [0.25, 0.3) is 0 Å². The first-order valence-corrected chi connectivity index (χ1v) is 18.4. The molecule has 1 aromatic heterocycles. The lowest BCUT2D eigenvalue weighted by Gasteiger charge is -2.14. The molecular formula is C51H35N3. The summed E-state index contributed by atoms with van der Waals surface area (Å²) in [5.74, 6) is 0.749. The number of aromatic nitrogens is 2. The van der Waals surface area contributed by atoms with Crippen LogP contribution in [0.15, 0.2) is 176 Å². The summed E-state index contributed by atoms with van der Waals surface area (Å²) >= 11 is 0. The number of benzene rings is 7. The maximum absolute atomic E-state index is 5.23. The lowest BCUT2D eigenvalue weighted by Crippen LogP contribution is -1.99. The maximum atomic E-state index is 5.23. The van der Waals surface area contributed by atoms with Gasteiger partial charge in [0.15, 0.2) is 5.82 Å². The number of nitrogens with one attached hydrogen (secondary N) is 1. The molecule has 254 valence electrons. The first-order valence-electron chi connectivity index (χ1n) is 18.4. The van der Waals surface area contributed by atoms with Gasteiger partial charge in [-0.3, -0.25) is 0 Å². The van der Waals surface area contributed by atoms with Gasteiger partial charge in [0, 0.05) is 46.1 Å². The maximum Gasteiger partial charge on any atom is 0.160 e. The third-order valence-electron chi connectivity index (χ3n) is 10.6. The number of hydrogen-bond acceptors (Lipinski definition) is 3. The van der Waals surface area contributed by atoms with Crippen LogP contribution >= 0.6 is 0 Å². The van der Waals surface area contributed by atoms with Crippen LogP contribution in [0.2, 0.25) is 0 Å². The lowest BCUT2D eigenvalue weighted by atomic mass is 9.92. The third-order valence-corrected chi connectivity index (χ3v) is 10.6. The van der Waals surface area contributed by atoms with Crippen LogP contribution in [0.3, 0.4) is 0 Å². The molecule has 0 bridgehead atoms. The second-order valence-electron chi connectivity index (χ2n) is 13.9. The largest absolute Gasteiger partial charge is 0.361 e. The first-order chi connectivity index (χ1) is 26.7. The Labute approximate surface area is 315 Å². The molecule has 8 aromatic rings. The number of rotatable bonds is 4. The van der Waals surface area contributed by atoms with E-state index in [0.717, 1.165) is 62.7 Å². The normalized spacial score (nSPS) is 13.6. The van der Waals surface area contributed by atoms with Crippen LogP contribution in [0.4, 0.5) is 5.69 Å². The highest BCUT2D eigenvalue weighted by Crippen LogP contribution is 2.43. The van der Waals surface area contributed by atoms with Crippen LogP contribution in [-0.4, -0.2) is 9.97 Å². The molecule has 0 saturated heterocycles. The van der Waals surface area contributed by atoms with Crippen LogP contribution in [0.1, 0.15) is 27.8 Å². The fourth-order valence-corrected chi connectivity index (χ4v) is 7.79. The van der Waals surface area contributed by atoms with Crippen LogP contribution in [0, 0.1) is 0 Å². The molecule has 7 aromatic carbocycles. The van der Waals surface area contributed by atoms with Crippen LogP contribution in [-0.2, 0) is 6.42 Å². The molecule has 3 nitrogen and oxygen atoms in total. The minimum absolute atomic E-state index is 0.749. The molecule has 0 spiro atoms. The molecule has 1 aliphatic heterocycles. The third kappa shape index (κ3) is 5.82. The Balaban J connectivity index is 1.07. The average molecular weight is 690 g/mol. The van der Waals surface area contributed by atoms with E-state index in [1.807, 2.05) is 18.2 Å². The molecular weight excluding hydrogens is 655 g/mol. The van der Waals surface area contributed by atoms with E-state index in [1.165, 1.54) is 44.5 Å². The molecule has 54 heavy (non-hydrogen) atoms. The van der Waals surface area contributed by atoms with Crippen LogP contribution in [0.25, 0.3) is 85.5 Å². The van der Waals surface area contributed by atoms with E-state index in [4.69, 9.17) is 9.97 Å². The fraction of sp³-hybridized carbons (Fsp3) is 0.0196. The van der Waals surface area contributed by atoms with E-state index in [0.29, 0.717) is 0 Å². The quantitative estimate of drug-likeness (QED) is 0.200. The highest BCUT2D eigenvalue weighted by molar-refractivity contribution is 5.92. The Morgan fingerprint density at radius 3 is 1.78 bits per heavy atom. The summed E-state index contributed by atoms with van der Waals surface area (Å²) in [7, 11) is 0. The molecule has 0 saturated carbocycles. The predicted molar refractivity (Wildman–Crippen MR) is 225 cm³/mol. The first kappa shape index (κ1) is 31.6. The van der Waals surface area contributed by atoms with Gasteiger partial charge in [0.1, 0.15) is 0 Å². The lowest BCUT2D eigenvalue weighted by molar-refractivity contribution is 1.13. The Bertz CT molecular complexity index is 2750. The smallest absolute Gasteiger partial charge is 0.160 e. The molecule has 1 N–H and O–H groups in total. The van der Waals surface area contributed by atoms with Crippen molar-refractivity contribution in [2.24, 2.45) is 0 Å². The molecule has 0 atom stereocenters. The summed E-state index contributed by atoms with van der Waals surface area (Å²) in [5, 5.41) is 3.60. The number of anilines is 1. The summed E-state index contributed by atoms with van der Waals surface area (Å²) in [6, 6.07) is 60.3. The van der Waals surface area contributed by atoms with Crippen molar-refractivity contribution >= 4 is 23.9 Å². The Morgan fingerprint density at radius 2 is 0.981 bits per heavy atom. The van der Waals surface area contributed by atoms with E-state index >= 15 is 0 Å². The molecule has 1 aliphatic carbocycles. The van der Waals surface area contributed by atoms with Gasteiger partial charge < -0.3 is 5.32 Å². The minimum Gasteiger partial charge on any atom is -0.361 e. The Kier molecular flexibility index (Phi) is 7.88. The van der Waals surface area contributed by atoms with Crippen molar-refractivity contribution in [3.8, 4) is 67.3 Å². The van der Waals surface area contributed by atoms with Gasteiger partial charge in [0.05, 0.1) is 11.4 Å². The van der Waals surface area contributed by atoms with E-state index < -0.39 is 0 Å². The second kappa shape index (κ2) is 13.5. The van der Waals surface area contributed by atoms with Gasteiger partial charge >= 0.3 is 0 Å². The molecule has 2 heterocycles. The van der Waals surface area contributed by atoms with Gasteiger partial charge in [-0.25, -0.2) is 9.97 Å². The summed E-state index contributed by atoms with van der Waals surface area (Å²) in [6.45, 7) is 0. The van der Waals surface area contributed by atoms with E-state index in [2.05, 4.69) is 181 Å².